The van der Waals surface area contributed by atoms with Gasteiger partial charge < -0.3 is 0 Å². The second-order valence-electron chi connectivity index (χ2n) is 2.44. The van der Waals surface area contributed by atoms with Crippen LogP contribution in [0.2, 0.25) is 5.15 Å². The van der Waals surface area contributed by atoms with Crippen LogP contribution in [-0.4, -0.2) is 15.7 Å². The first-order chi connectivity index (χ1) is 6.27. The van der Waals surface area contributed by atoms with Gasteiger partial charge >= 0.3 is 0 Å². The molecule has 4 heteroatoms. The van der Waals surface area contributed by atoms with Crippen LogP contribution >= 0.6 is 23.4 Å². The number of thioether (sulfide) groups is 1. The number of hydrogen-bond donors (Lipinski definition) is 0. The van der Waals surface area contributed by atoms with E-state index in [-0.39, 0.29) is 0 Å². The van der Waals surface area contributed by atoms with Crippen molar-refractivity contribution in [2.75, 3.05) is 5.75 Å². The first-order valence-electron chi connectivity index (χ1n) is 4.43. The molecule has 0 spiro atoms. The molecule has 1 aliphatic rings. The van der Waals surface area contributed by atoms with E-state index in [1.54, 1.807) is 11.8 Å². The Kier molecular flexibility index (Phi) is 4.00. The summed E-state index contributed by atoms with van der Waals surface area (Å²) in [4.78, 5) is 9.46. The Balaban J connectivity index is 0.000000396. The molecule has 0 saturated heterocycles. The zero-order chi connectivity index (χ0) is 9.84. The Labute approximate surface area is 88.1 Å². The van der Waals surface area contributed by atoms with Crippen molar-refractivity contribution in [2.24, 2.45) is 0 Å². The maximum Gasteiger partial charge on any atom is 0.146 e. The van der Waals surface area contributed by atoms with Gasteiger partial charge in [-0.05, 0) is 6.92 Å². The Morgan fingerprint density at radius 1 is 1.31 bits per heavy atom. The molecule has 2 nitrogen and oxygen atoms in total. The maximum absolute atomic E-state index is 5.90. The van der Waals surface area contributed by atoms with E-state index in [0.717, 1.165) is 28.6 Å². The zero-order valence-electron chi connectivity index (χ0n) is 8.09. The molecular formula is C9H13ClN2S. The summed E-state index contributed by atoms with van der Waals surface area (Å²) in [7, 11) is 0. The summed E-state index contributed by atoms with van der Waals surface area (Å²) in [5.41, 5.74) is 1.12. The lowest BCUT2D eigenvalue weighted by Crippen LogP contribution is -1.94. The van der Waals surface area contributed by atoms with Crippen LogP contribution in [0.1, 0.15) is 25.4 Å². The molecule has 0 saturated carbocycles. The molecule has 2 heterocycles. The van der Waals surface area contributed by atoms with Gasteiger partial charge in [-0.25, -0.2) is 9.97 Å². The van der Waals surface area contributed by atoms with Gasteiger partial charge in [-0.2, -0.15) is 0 Å². The minimum Gasteiger partial charge on any atom is -0.237 e. The predicted octanol–water partition coefficient (Wildman–Crippen LogP) is 3.11. The lowest BCUT2D eigenvalue weighted by molar-refractivity contribution is 0.926. The van der Waals surface area contributed by atoms with Crippen LogP contribution in [0, 0.1) is 6.92 Å². The van der Waals surface area contributed by atoms with E-state index in [1.807, 2.05) is 20.8 Å². The van der Waals surface area contributed by atoms with Crippen molar-refractivity contribution < 1.29 is 0 Å². The molecule has 1 aliphatic heterocycles. The average Bonchev–Trinajstić information content (AvgIpc) is 2.55. The summed E-state index contributed by atoms with van der Waals surface area (Å²) in [6.07, 6.45) is 1.03. The molecular weight excluding hydrogens is 204 g/mol. The summed E-state index contributed by atoms with van der Waals surface area (Å²) < 4.78 is 0. The van der Waals surface area contributed by atoms with Crippen molar-refractivity contribution in [3.63, 3.8) is 0 Å². The van der Waals surface area contributed by atoms with Crippen molar-refractivity contribution in [2.45, 2.75) is 32.1 Å². The molecule has 0 unspecified atom stereocenters. The summed E-state index contributed by atoms with van der Waals surface area (Å²) in [5, 5.41) is 0.620. The van der Waals surface area contributed by atoms with E-state index in [4.69, 9.17) is 11.6 Å². The van der Waals surface area contributed by atoms with Crippen molar-refractivity contribution in [3.8, 4) is 0 Å². The lowest BCUT2D eigenvalue weighted by Gasteiger charge is -1.99. The number of nitrogens with zero attached hydrogens (tertiary/aromatic N) is 2. The van der Waals surface area contributed by atoms with Gasteiger partial charge in [0.25, 0.3) is 0 Å². The molecule has 0 fully saturated rings. The number of rotatable bonds is 0. The van der Waals surface area contributed by atoms with Crippen LogP contribution in [0.25, 0.3) is 0 Å². The molecule has 72 valence electrons. The largest absolute Gasteiger partial charge is 0.237 e. The zero-order valence-corrected chi connectivity index (χ0v) is 9.67. The fraction of sp³-hybridized carbons (Fsp3) is 0.556. The molecule has 0 aromatic carbocycles. The third-order valence-corrected chi connectivity index (χ3v) is 3.10. The minimum atomic E-state index is 0.620. The van der Waals surface area contributed by atoms with Crippen molar-refractivity contribution in [1.82, 2.24) is 9.97 Å². The van der Waals surface area contributed by atoms with Crippen molar-refractivity contribution >= 4 is 23.4 Å². The van der Waals surface area contributed by atoms with Crippen LogP contribution < -0.4 is 0 Å². The van der Waals surface area contributed by atoms with Crippen LogP contribution in [0.15, 0.2) is 4.90 Å². The normalized spacial score (nSPS) is 13.2. The highest BCUT2D eigenvalue weighted by molar-refractivity contribution is 7.99. The maximum atomic E-state index is 5.90. The summed E-state index contributed by atoms with van der Waals surface area (Å²) >= 11 is 7.65. The topological polar surface area (TPSA) is 25.8 Å². The van der Waals surface area contributed by atoms with E-state index in [0.29, 0.717) is 5.15 Å². The molecule has 1 aromatic heterocycles. The highest BCUT2D eigenvalue weighted by Gasteiger charge is 2.17. The van der Waals surface area contributed by atoms with Crippen LogP contribution in [0.5, 0.6) is 0 Å². The number of aromatic nitrogens is 2. The van der Waals surface area contributed by atoms with Gasteiger partial charge in [-0.15, -0.1) is 11.8 Å². The Morgan fingerprint density at radius 2 is 2.00 bits per heavy atom. The molecule has 0 radical (unpaired) electrons. The molecule has 13 heavy (non-hydrogen) atoms. The minimum absolute atomic E-state index is 0.620. The summed E-state index contributed by atoms with van der Waals surface area (Å²) in [5.74, 6) is 1.86. The van der Waals surface area contributed by atoms with E-state index in [2.05, 4.69) is 9.97 Å². The number of aryl methyl sites for hydroxylation is 2. The molecule has 0 N–H and O–H groups in total. The third-order valence-electron chi connectivity index (χ3n) is 1.59. The average molecular weight is 217 g/mol. The SMILES string of the molecule is CC.Cc1nc(Cl)c2c(n1)CCS2. The van der Waals surface area contributed by atoms with Gasteiger partial charge in [0.15, 0.2) is 0 Å². The van der Waals surface area contributed by atoms with E-state index in [9.17, 15) is 0 Å². The molecule has 0 amide bonds. The smallest absolute Gasteiger partial charge is 0.146 e. The highest BCUT2D eigenvalue weighted by atomic mass is 35.5. The van der Waals surface area contributed by atoms with Crippen LogP contribution in [-0.2, 0) is 6.42 Å². The molecule has 2 rings (SSSR count). The monoisotopic (exact) mass is 216 g/mol. The first-order valence-corrected chi connectivity index (χ1v) is 5.79. The van der Waals surface area contributed by atoms with Crippen LogP contribution in [0.3, 0.4) is 0 Å². The molecule has 0 aliphatic carbocycles. The highest BCUT2D eigenvalue weighted by Crippen LogP contribution is 2.34. The lowest BCUT2D eigenvalue weighted by atomic mass is 10.3. The van der Waals surface area contributed by atoms with Crippen molar-refractivity contribution in [3.05, 3.63) is 16.7 Å². The van der Waals surface area contributed by atoms with Crippen LogP contribution in [0.4, 0.5) is 0 Å². The quantitative estimate of drug-likeness (QED) is 0.624. The summed E-state index contributed by atoms with van der Waals surface area (Å²) in [6, 6.07) is 0. The molecule has 1 aromatic rings. The van der Waals surface area contributed by atoms with E-state index < -0.39 is 0 Å². The van der Waals surface area contributed by atoms with Gasteiger partial charge in [0.05, 0.1) is 10.6 Å². The number of fused-ring (bicyclic) bond motifs is 1. The second kappa shape index (κ2) is 4.82. The Bertz CT molecular complexity index is 302. The van der Waals surface area contributed by atoms with Gasteiger partial charge in [-0.3, -0.25) is 0 Å². The number of halogens is 1. The molecule has 0 atom stereocenters. The second-order valence-corrected chi connectivity index (χ2v) is 3.90. The van der Waals surface area contributed by atoms with Gasteiger partial charge in [0, 0.05) is 12.2 Å². The standard InChI is InChI=1S/C7H7ClN2S.C2H6/c1-4-9-5-2-3-11-6(5)7(8)10-4;1-2/h2-3H2,1H3;1-2H3. The fourth-order valence-corrected chi connectivity index (χ4v) is 2.52. The fourth-order valence-electron chi connectivity index (χ4n) is 1.15. The number of hydrogen-bond acceptors (Lipinski definition) is 3. The Morgan fingerprint density at radius 3 is 2.69 bits per heavy atom. The van der Waals surface area contributed by atoms with Gasteiger partial charge in [0.1, 0.15) is 11.0 Å². The Hall–Kier alpha value is -0.280. The summed E-state index contributed by atoms with van der Waals surface area (Å²) in [6.45, 7) is 5.87. The van der Waals surface area contributed by atoms with E-state index in [1.165, 1.54) is 0 Å². The van der Waals surface area contributed by atoms with Gasteiger partial charge in [0.2, 0.25) is 0 Å². The first kappa shape index (κ1) is 10.8. The molecule has 0 bridgehead atoms. The third kappa shape index (κ3) is 2.35. The van der Waals surface area contributed by atoms with Crippen molar-refractivity contribution in [1.29, 1.82) is 0 Å². The van der Waals surface area contributed by atoms with Gasteiger partial charge in [-0.1, -0.05) is 25.4 Å². The predicted molar refractivity (Wildman–Crippen MR) is 57.6 cm³/mol. The van der Waals surface area contributed by atoms with E-state index >= 15 is 0 Å².